The highest BCUT2D eigenvalue weighted by Gasteiger charge is 2.55. The van der Waals surface area contributed by atoms with E-state index in [1.54, 1.807) is 42.0 Å². The van der Waals surface area contributed by atoms with E-state index in [9.17, 15) is 9.59 Å². The molecule has 0 unspecified atom stereocenters. The standard InChI is InChI=1S/C36H30N2O6/c1-24-22-38-33-31(44-35(38)37-32(24)39)30(43-34(40)25-14-6-2-7-15-25)29(42-33)23-41-36(26-16-8-3-9-17-26,27-18-10-4-11-19-27)28-20-12-5-13-21-28/h2-22,29-31,33H,23H2,1H3/t29-,30-,31+,33-/m1/s1. The summed E-state index contributed by atoms with van der Waals surface area (Å²) >= 11 is 0. The lowest BCUT2D eigenvalue weighted by Crippen LogP contribution is -2.42. The maximum absolute atomic E-state index is 13.3. The summed E-state index contributed by atoms with van der Waals surface area (Å²) in [5.41, 5.74) is 2.29. The zero-order valence-corrected chi connectivity index (χ0v) is 24.0. The normalized spacial score (nSPS) is 20.4. The molecule has 8 nitrogen and oxygen atoms in total. The Kier molecular flexibility index (Phi) is 7.29. The van der Waals surface area contributed by atoms with E-state index in [1.807, 2.05) is 97.1 Å². The molecule has 4 atom stereocenters. The smallest absolute Gasteiger partial charge is 0.338 e. The zero-order valence-electron chi connectivity index (χ0n) is 24.0. The molecule has 0 radical (unpaired) electrons. The average Bonchev–Trinajstić information content (AvgIpc) is 3.58. The Morgan fingerprint density at radius 1 is 0.818 bits per heavy atom. The van der Waals surface area contributed by atoms with Crippen LogP contribution in [-0.2, 0) is 19.8 Å². The average molecular weight is 587 g/mol. The van der Waals surface area contributed by atoms with Gasteiger partial charge in [0.1, 0.15) is 11.7 Å². The fraction of sp³-hybridized carbons (Fsp3) is 0.194. The maximum Gasteiger partial charge on any atom is 0.338 e. The Labute approximate surface area is 254 Å². The number of fused-ring (bicyclic) bond motifs is 3. The molecule has 7 rings (SSSR count). The lowest BCUT2D eigenvalue weighted by Gasteiger charge is -2.37. The van der Waals surface area contributed by atoms with Crippen molar-refractivity contribution in [3.8, 4) is 6.01 Å². The Balaban J connectivity index is 1.28. The lowest BCUT2D eigenvalue weighted by molar-refractivity contribution is -0.0963. The molecule has 0 N–H and O–H groups in total. The molecule has 2 aliphatic rings. The van der Waals surface area contributed by atoms with Gasteiger partial charge in [0.2, 0.25) is 0 Å². The lowest BCUT2D eigenvalue weighted by atomic mass is 9.80. The molecule has 1 aromatic heterocycles. The summed E-state index contributed by atoms with van der Waals surface area (Å²) in [5, 5.41) is 0. The SMILES string of the molecule is Cc1cn2c(nc1=O)O[C@H]1[C@H](OC(=O)c3ccccc3)[C@@H](COC(c3ccccc3)(c3ccccc3)c3ccccc3)O[C@H]12. The number of carbonyl (C=O) groups excluding carboxylic acids is 1. The van der Waals surface area contributed by atoms with Crippen LogP contribution in [0.1, 0.15) is 38.8 Å². The summed E-state index contributed by atoms with van der Waals surface area (Å²) in [6.07, 6.45) is -1.30. The zero-order chi connectivity index (χ0) is 30.1. The Bertz CT molecular complexity index is 1720. The number of aryl methyl sites for hydroxylation is 1. The van der Waals surface area contributed by atoms with Crippen molar-refractivity contribution in [1.82, 2.24) is 9.55 Å². The highest BCUT2D eigenvalue weighted by Crippen LogP contribution is 2.44. The number of rotatable bonds is 8. The summed E-state index contributed by atoms with van der Waals surface area (Å²) in [7, 11) is 0. The van der Waals surface area contributed by atoms with Gasteiger partial charge in [-0.2, -0.15) is 4.98 Å². The van der Waals surface area contributed by atoms with Gasteiger partial charge in [0, 0.05) is 11.8 Å². The first-order valence-electron chi connectivity index (χ1n) is 14.5. The number of hydrogen-bond donors (Lipinski definition) is 0. The summed E-state index contributed by atoms with van der Waals surface area (Å²) in [6.45, 7) is 1.75. The molecular weight excluding hydrogens is 556 g/mol. The first-order valence-corrected chi connectivity index (χ1v) is 14.5. The van der Waals surface area contributed by atoms with Crippen molar-refractivity contribution >= 4 is 5.97 Å². The second-order valence-corrected chi connectivity index (χ2v) is 10.9. The van der Waals surface area contributed by atoms with Gasteiger partial charge in [0.15, 0.2) is 18.4 Å². The molecule has 1 saturated heterocycles. The van der Waals surface area contributed by atoms with Gasteiger partial charge in [-0.25, -0.2) is 4.79 Å². The summed E-state index contributed by atoms with van der Waals surface area (Å²) in [6, 6.07) is 39.0. The number of hydrogen-bond acceptors (Lipinski definition) is 7. The molecule has 1 fully saturated rings. The van der Waals surface area contributed by atoms with E-state index in [-0.39, 0.29) is 18.2 Å². The van der Waals surface area contributed by atoms with E-state index in [0.717, 1.165) is 16.7 Å². The van der Waals surface area contributed by atoms with Crippen LogP contribution in [0.2, 0.25) is 0 Å². The number of esters is 1. The minimum absolute atomic E-state index is 0.0592. The molecule has 2 aliphatic heterocycles. The Hall–Kier alpha value is -5.05. The van der Waals surface area contributed by atoms with Gasteiger partial charge in [-0.3, -0.25) is 9.36 Å². The Morgan fingerprint density at radius 3 is 1.89 bits per heavy atom. The van der Waals surface area contributed by atoms with Gasteiger partial charge in [-0.15, -0.1) is 0 Å². The fourth-order valence-electron chi connectivity index (χ4n) is 6.02. The van der Waals surface area contributed by atoms with Gasteiger partial charge in [-0.1, -0.05) is 109 Å². The quantitative estimate of drug-likeness (QED) is 0.177. The van der Waals surface area contributed by atoms with E-state index in [0.29, 0.717) is 11.1 Å². The van der Waals surface area contributed by atoms with Gasteiger partial charge in [0.25, 0.3) is 5.56 Å². The van der Waals surface area contributed by atoms with Crippen molar-refractivity contribution in [3.63, 3.8) is 0 Å². The van der Waals surface area contributed by atoms with Crippen LogP contribution in [0.25, 0.3) is 0 Å². The highest BCUT2D eigenvalue weighted by atomic mass is 16.7. The van der Waals surface area contributed by atoms with Gasteiger partial charge in [-0.05, 0) is 35.7 Å². The fourth-order valence-corrected chi connectivity index (χ4v) is 6.02. The molecule has 3 heterocycles. The number of benzene rings is 4. The molecule has 0 saturated carbocycles. The summed E-state index contributed by atoms with van der Waals surface area (Å²) < 4.78 is 27.5. The minimum atomic E-state index is -1.000. The van der Waals surface area contributed by atoms with E-state index in [1.165, 1.54) is 0 Å². The van der Waals surface area contributed by atoms with E-state index in [4.69, 9.17) is 18.9 Å². The first-order chi connectivity index (χ1) is 21.5. The van der Waals surface area contributed by atoms with Crippen LogP contribution in [0, 0.1) is 6.92 Å². The monoisotopic (exact) mass is 586 g/mol. The minimum Gasteiger partial charge on any atom is -0.452 e. The van der Waals surface area contributed by atoms with Crippen molar-refractivity contribution in [3.05, 3.63) is 166 Å². The molecule has 0 aliphatic carbocycles. The van der Waals surface area contributed by atoms with Crippen molar-refractivity contribution in [2.24, 2.45) is 0 Å². The highest BCUT2D eigenvalue weighted by molar-refractivity contribution is 5.89. The second-order valence-electron chi connectivity index (χ2n) is 10.9. The Morgan fingerprint density at radius 2 is 1.34 bits per heavy atom. The van der Waals surface area contributed by atoms with Crippen LogP contribution in [0.5, 0.6) is 6.01 Å². The molecule has 8 heteroatoms. The van der Waals surface area contributed by atoms with Gasteiger partial charge >= 0.3 is 12.0 Å². The summed E-state index contributed by atoms with van der Waals surface area (Å²) in [5.74, 6) is -0.511. The maximum atomic E-state index is 13.3. The van der Waals surface area contributed by atoms with E-state index in [2.05, 4.69) is 4.98 Å². The van der Waals surface area contributed by atoms with Gasteiger partial charge < -0.3 is 18.9 Å². The van der Waals surface area contributed by atoms with Crippen molar-refractivity contribution in [2.45, 2.75) is 37.1 Å². The van der Waals surface area contributed by atoms with Crippen LogP contribution < -0.4 is 10.3 Å². The van der Waals surface area contributed by atoms with Crippen molar-refractivity contribution in [1.29, 1.82) is 0 Å². The molecule has 0 bridgehead atoms. The van der Waals surface area contributed by atoms with Crippen LogP contribution in [-0.4, -0.2) is 40.4 Å². The second kappa shape index (κ2) is 11.6. The molecule has 44 heavy (non-hydrogen) atoms. The van der Waals surface area contributed by atoms with E-state index >= 15 is 0 Å². The van der Waals surface area contributed by atoms with E-state index < -0.39 is 36.1 Å². The third-order valence-electron chi connectivity index (χ3n) is 8.15. The summed E-state index contributed by atoms with van der Waals surface area (Å²) in [4.78, 5) is 29.7. The van der Waals surface area contributed by atoms with Crippen molar-refractivity contribution < 1.29 is 23.7 Å². The molecule has 220 valence electrons. The largest absolute Gasteiger partial charge is 0.452 e. The predicted molar refractivity (Wildman–Crippen MR) is 162 cm³/mol. The predicted octanol–water partition coefficient (Wildman–Crippen LogP) is 5.44. The molecule has 0 spiro atoms. The van der Waals surface area contributed by atoms with Crippen LogP contribution >= 0.6 is 0 Å². The van der Waals surface area contributed by atoms with Crippen LogP contribution in [0.15, 0.2) is 132 Å². The number of aromatic nitrogens is 2. The molecule has 5 aromatic rings. The number of nitrogens with zero attached hydrogens (tertiary/aromatic N) is 2. The number of ether oxygens (including phenoxy) is 4. The third kappa shape index (κ3) is 4.88. The van der Waals surface area contributed by atoms with Gasteiger partial charge in [0.05, 0.1) is 12.2 Å². The number of carbonyl (C=O) groups is 1. The molecular formula is C36H30N2O6. The topological polar surface area (TPSA) is 88.9 Å². The van der Waals surface area contributed by atoms with Crippen molar-refractivity contribution in [2.75, 3.05) is 6.61 Å². The van der Waals surface area contributed by atoms with Crippen LogP contribution in [0.3, 0.4) is 0 Å². The molecule has 0 amide bonds. The first kappa shape index (κ1) is 27.8. The molecule has 4 aromatic carbocycles. The third-order valence-corrected chi connectivity index (χ3v) is 8.15. The van der Waals surface area contributed by atoms with Crippen LogP contribution in [0.4, 0.5) is 0 Å².